The van der Waals surface area contributed by atoms with E-state index in [1.807, 2.05) is 11.3 Å². The molecule has 2 unspecified atom stereocenters. The fourth-order valence-corrected chi connectivity index (χ4v) is 3.74. The standard InChI is InChI=1S/C13H22N2S/c1-9(2)12(8-14)15-6-4-13-11(10(15)3)5-7-16-13/h5,7,9-10,12H,4,6,8,14H2,1-3H3. The van der Waals surface area contributed by atoms with Gasteiger partial charge >= 0.3 is 0 Å². The smallest absolute Gasteiger partial charge is 0.0334 e. The molecule has 0 saturated carbocycles. The summed E-state index contributed by atoms with van der Waals surface area (Å²) in [7, 11) is 0. The molecule has 0 fully saturated rings. The van der Waals surface area contributed by atoms with E-state index in [4.69, 9.17) is 5.73 Å². The Balaban J connectivity index is 2.20. The van der Waals surface area contributed by atoms with Crippen LogP contribution in [0.25, 0.3) is 0 Å². The molecule has 2 atom stereocenters. The Morgan fingerprint density at radius 2 is 2.31 bits per heavy atom. The first kappa shape index (κ1) is 12.1. The number of hydrogen-bond donors (Lipinski definition) is 1. The molecule has 0 saturated heterocycles. The van der Waals surface area contributed by atoms with E-state index in [9.17, 15) is 0 Å². The van der Waals surface area contributed by atoms with Gasteiger partial charge in [0.25, 0.3) is 0 Å². The summed E-state index contributed by atoms with van der Waals surface area (Å²) in [4.78, 5) is 4.16. The van der Waals surface area contributed by atoms with Crippen LogP contribution in [0.5, 0.6) is 0 Å². The molecule has 16 heavy (non-hydrogen) atoms. The molecule has 90 valence electrons. The molecule has 0 radical (unpaired) electrons. The first-order valence-corrected chi connectivity index (χ1v) is 7.05. The van der Waals surface area contributed by atoms with Gasteiger partial charge in [-0.15, -0.1) is 11.3 Å². The molecule has 1 aliphatic heterocycles. The number of nitrogens with two attached hydrogens (primary N) is 1. The maximum Gasteiger partial charge on any atom is 0.0334 e. The molecule has 1 aromatic heterocycles. The van der Waals surface area contributed by atoms with Crippen molar-refractivity contribution in [3.63, 3.8) is 0 Å². The summed E-state index contributed by atoms with van der Waals surface area (Å²) < 4.78 is 0. The second kappa shape index (κ2) is 4.86. The lowest BCUT2D eigenvalue weighted by Gasteiger charge is -2.41. The SMILES string of the molecule is CC(C)C(CN)N1CCc2sccc2C1C. The molecule has 2 nitrogen and oxygen atoms in total. The van der Waals surface area contributed by atoms with Crippen LogP contribution in [0.15, 0.2) is 11.4 Å². The van der Waals surface area contributed by atoms with E-state index >= 15 is 0 Å². The first-order chi connectivity index (χ1) is 7.65. The lowest BCUT2D eigenvalue weighted by atomic mass is 9.94. The quantitative estimate of drug-likeness (QED) is 0.877. The zero-order valence-corrected chi connectivity index (χ0v) is 11.3. The number of thiophene rings is 1. The Kier molecular flexibility index (Phi) is 3.67. The minimum Gasteiger partial charge on any atom is -0.329 e. The predicted molar refractivity (Wildman–Crippen MR) is 70.8 cm³/mol. The monoisotopic (exact) mass is 238 g/mol. The van der Waals surface area contributed by atoms with Crippen molar-refractivity contribution in [2.75, 3.05) is 13.1 Å². The van der Waals surface area contributed by atoms with Crippen LogP contribution >= 0.6 is 11.3 Å². The molecule has 0 bridgehead atoms. The molecule has 2 heterocycles. The van der Waals surface area contributed by atoms with Crippen LogP contribution in [-0.2, 0) is 6.42 Å². The molecule has 0 amide bonds. The lowest BCUT2D eigenvalue weighted by Crippen LogP contribution is -2.47. The van der Waals surface area contributed by atoms with Crippen LogP contribution in [-0.4, -0.2) is 24.0 Å². The van der Waals surface area contributed by atoms with E-state index in [1.165, 1.54) is 12.0 Å². The van der Waals surface area contributed by atoms with Gasteiger partial charge in [0.1, 0.15) is 0 Å². The Morgan fingerprint density at radius 3 is 2.94 bits per heavy atom. The average Bonchev–Trinajstić information content (AvgIpc) is 2.70. The fourth-order valence-electron chi connectivity index (χ4n) is 2.77. The molecule has 3 heteroatoms. The van der Waals surface area contributed by atoms with E-state index in [0.29, 0.717) is 18.0 Å². The van der Waals surface area contributed by atoms with E-state index in [-0.39, 0.29) is 0 Å². The van der Waals surface area contributed by atoms with Gasteiger partial charge in [0.2, 0.25) is 0 Å². The van der Waals surface area contributed by atoms with E-state index in [0.717, 1.165) is 13.1 Å². The third-order valence-electron chi connectivity index (χ3n) is 3.76. The highest BCUT2D eigenvalue weighted by molar-refractivity contribution is 7.10. The highest BCUT2D eigenvalue weighted by Crippen LogP contribution is 2.34. The third-order valence-corrected chi connectivity index (χ3v) is 4.76. The summed E-state index contributed by atoms with van der Waals surface area (Å²) in [6.45, 7) is 8.78. The third kappa shape index (κ3) is 2.04. The van der Waals surface area contributed by atoms with Gasteiger partial charge < -0.3 is 5.73 Å². The molecule has 0 aliphatic carbocycles. The molecular formula is C13H22N2S. The van der Waals surface area contributed by atoms with Gasteiger partial charge in [-0.3, -0.25) is 4.90 Å². The van der Waals surface area contributed by atoms with Gasteiger partial charge in [-0.05, 0) is 36.3 Å². The van der Waals surface area contributed by atoms with E-state index < -0.39 is 0 Å². The van der Waals surface area contributed by atoms with Crippen molar-refractivity contribution in [1.82, 2.24) is 4.90 Å². The second-order valence-electron chi connectivity index (χ2n) is 5.01. The van der Waals surface area contributed by atoms with Gasteiger partial charge in [0.05, 0.1) is 0 Å². The molecule has 1 aromatic rings. The van der Waals surface area contributed by atoms with E-state index in [2.05, 4.69) is 37.1 Å². The van der Waals surface area contributed by atoms with Crippen LogP contribution in [0.4, 0.5) is 0 Å². The number of hydrogen-bond acceptors (Lipinski definition) is 3. The van der Waals surface area contributed by atoms with Crippen molar-refractivity contribution >= 4 is 11.3 Å². The molecular weight excluding hydrogens is 216 g/mol. The lowest BCUT2D eigenvalue weighted by molar-refractivity contribution is 0.107. The van der Waals surface area contributed by atoms with Gasteiger partial charge in [-0.25, -0.2) is 0 Å². The fraction of sp³-hybridized carbons (Fsp3) is 0.692. The minimum absolute atomic E-state index is 0.517. The topological polar surface area (TPSA) is 29.3 Å². The predicted octanol–water partition coefficient (Wildman–Crippen LogP) is 2.65. The largest absolute Gasteiger partial charge is 0.329 e. The Labute approximate surface area is 102 Å². The van der Waals surface area contributed by atoms with Crippen LogP contribution in [0.1, 0.15) is 37.3 Å². The maximum atomic E-state index is 5.92. The zero-order valence-electron chi connectivity index (χ0n) is 10.4. The number of rotatable bonds is 3. The first-order valence-electron chi connectivity index (χ1n) is 6.17. The van der Waals surface area contributed by atoms with Crippen LogP contribution in [0.2, 0.25) is 0 Å². The van der Waals surface area contributed by atoms with E-state index in [1.54, 1.807) is 4.88 Å². The minimum atomic E-state index is 0.517. The van der Waals surface area contributed by atoms with Crippen molar-refractivity contribution < 1.29 is 0 Å². The van der Waals surface area contributed by atoms with Gasteiger partial charge in [0, 0.05) is 30.1 Å². The van der Waals surface area contributed by atoms with Crippen molar-refractivity contribution in [1.29, 1.82) is 0 Å². The molecule has 0 spiro atoms. The maximum absolute atomic E-state index is 5.92. The normalized spacial score (nSPS) is 23.4. The molecule has 1 aliphatic rings. The molecule has 2 rings (SSSR count). The summed E-state index contributed by atoms with van der Waals surface area (Å²) in [5.74, 6) is 0.632. The highest BCUT2D eigenvalue weighted by Gasteiger charge is 2.30. The summed E-state index contributed by atoms with van der Waals surface area (Å²) in [5.41, 5.74) is 7.45. The van der Waals surface area contributed by atoms with Crippen molar-refractivity contribution in [3.05, 3.63) is 21.9 Å². The Hall–Kier alpha value is -0.380. The summed E-state index contributed by atoms with van der Waals surface area (Å²) in [6, 6.07) is 3.33. The average molecular weight is 238 g/mol. The Bertz CT molecular complexity index is 345. The summed E-state index contributed by atoms with van der Waals surface area (Å²) in [6.07, 6.45) is 1.19. The highest BCUT2D eigenvalue weighted by atomic mass is 32.1. The Morgan fingerprint density at radius 1 is 1.56 bits per heavy atom. The summed E-state index contributed by atoms with van der Waals surface area (Å²) in [5, 5.41) is 2.22. The van der Waals surface area contributed by atoms with Crippen LogP contribution < -0.4 is 5.73 Å². The number of nitrogens with zero attached hydrogens (tertiary/aromatic N) is 1. The number of fused-ring (bicyclic) bond motifs is 1. The van der Waals surface area contributed by atoms with Crippen molar-refractivity contribution in [2.45, 2.75) is 39.3 Å². The van der Waals surface area contributed by atoms with Gasteiger partial charge in [-0.2, -0.15) is 0 Å². The zero-order chi connectivity index (χ0) is 11.7. The van der Waals surface area contributed by atoms with Crippen LogP contribution in [0.3, 0.4) is 0 Å². The van der Waals surface area contributed by atoms with Crippen molar-refractivity contribution in [3.8, 4) is 0 Å². The summed E-state index contributed by atoms with van der Waals surface area (Å²) >= 11 is 1.90. The molecule has 0 aromatic carbocycles. The van der Waals surface area contributed by atoms with Crippen LogP contribution in [0, 0.1) is 5.92 Å². The molecule has 2 N–H and O–H groups in total. The van der Waals surface area contributed by atoms with Gasteiger partial charge in [0.15, 0.2) is 0 Å². The van der Waals surface area contributed by atoms with Gasteiger partial charge in [-0.1, -0.05) is 13.8 Å². The second-order valence-corrected chi connectivity index (χ2v) is 6.01. The van der Waals surface area contributed by atoms with Crippen molar-refractivity contribution in [2.24, 2.45) is 11.7 Å².